The number of carbonyl (C=O) groups excluding carboxylic acids is 1. The van der Waals surface area contributed by atoms with E-state index < -0.39 is 5.82 Å². The number of aryl methyl sites for hydroxylation is 1. The van der Waals surface area contributed by atoms with E-state index in [0.717, 1.165) is 11.1 Å². The van der Waals surface area contributed by atoms with Gasteiger partial charge >= 0.3 is 6.03 Å². The number of halogens is 2. The highest BCUT2D eigenvalue weighted by Crippen LogP contribution is 2.28. The molecule has 2 heterocycles. The van der Waals surface area contributed by atoms with Crippen LogP contribution in [-0.2, 0) is 0 Å². The average molecular weight is 378 g/mol. The Kier molecular flexibility index (Phi) is 5.32. The largest absolute Gasteiger partial charge is 0.359 e. The van der Waals surface area contributed by atoms with Gasteiger partial charge < -0.3 is 9.42 Å². The molecule has 1 atom stereocenters. The molecule has 0 saturated carbocycles. The molecule has 7 heteroatoms. The first-order valence-corrected chi connectivity index (χ1v) is 8.88. The van der Waals surface area contributed by atoms with Crippen molar-refractivity contribution in [3.63, 3.8) is 0 Å². The zero-order chi connectivity index (χ0) is 18.8. The number of nitrogens with zero attached hydrogens (tertiary/aromatic N) is 2. The summed E-state index contributed by atoms with van der Waals surface area (Å²) < 4.78 is 19.2. The lowest BCUT2D eigenvalue weighted by atomic mass is 9.91. The van der Waals surface area contributed by atoms with Crippen molar-refractivity contribution < 1.29 is 13.7 Å². The van der Waals surface area contributed by atoms with Crippen LogP contribution in [0, 0.1) is 25.6 Å². The summed E-state index contributed by atoms with van der Waals surface area (Å²) in [5, 5.41) is 6.76. The van der Waals surface area contributed by atoms with Crippen molar-refractivity contribution >= 4 is 29.5 Å². The smallest absolute Gasteiger partial charge is 0.323 e. The molecule has 1 N–H and O–H groups in total. The number of urea groups is 1. The second kappa shape index (κ2) is 7.50. The Morgan fingerprint density at radius 2 is 2.23 bits per heavy atom. The number of aromatic nitrogens is 1. The van der Waals surface area contributed by atoms with Gasteiger partial charge in [-0.3, -0.25) is 5.32 Å². The maximum atomic E-state index is 14.1. The van der Waals surface area contributed by atoms with E-state index in [4.69, 9.17) is 16.1 Å². The van der Waals surface area contributed by atoms with Crippen molar-refractivity contribution in [3.8, 4) is 0 Å². The van der Waals surface area contributed by atoms with E-state index in [9.17, 15) is 9.18 Å². The quantitative estimate of drug-likeness (QED) is 0.797. The fourth-order valence-corrected chi connectivity index (χ4v) is 3.18. The van der Waals surface area contributed by atoms with Gasteiger partial charge in [0.1, 0.15) is 11.6 Å². The van der Waals surface area contributed by atoms with Gasteiger partial charge in [-0.05, 0) is 32.3 Å². The highest BCUT2D eigenvalue weighted by Gasteiger charge is 2.25. The van der Waals surface area contributed by atoms with Crippen molar-refractivity contribution in [1.82, 2.24) is 10.1 Å². The zero-order valence-corrected chi connectivity index (χ0v) is 15.7. The maximum Gasteiger partial charge on any atom is 0.323 e. The summed E-state index contributed by atoms with van der Waals surface area (Å²) in [5.74, 6) is 0.836. The molecule has 1 aliphatic rings. The summed E-state index contributed by atoms with van der Waals surface area (Å²) >= 11 is 5.85. The Bertz CT molecular complexity index is 862. The Hall–Kier alpha value is -2.34. The van der Waals surface area contributed by atoms with E-state index in [1.807, 2.05) is 19.9 Å². The molecular formula is C19H21ClFN3O2. The molecule has 2 aromatic rings. The van der Waals surface area contributed by atoms with Crippen LogP contribution in [0.1, 0.15) is 30.2 Å². The molecule has 1 fully saturated rings. The molecule has 0 spiro atoms. The number of carbonyl (C=O) groups is 1. The standard InChI is InChI=1S/C19H21ClFN3O2/c1-11-10-24(19(25)22-18-12(2)13(3)26-23-18)8-7-14(11)9-15-5-4-6-16(20)17(15)21/h4-6,9,11H,7-8,10H2,1-3H3,(H,22,23,25). The van der Waals surface area contributed by atoms with Gasteiger partial charge in [-0.2, -0.15) is 0 Å². The van der Waals surface area contributed by atoms with Gasteiger partial charge in [0.25, 0.3) is 0 Å². The first-order chi connectivity index (χ1) is 12.4. The number of benzene rings is 1. The van der Waals surface area contributed by atoms with Crippen LogP contribution >= 0.6 is 11.6 Å². The third kappa shape index (κ3) is 3.75. The molecule has 5 nitrogen and oxygen atoms in total. The number of amides is 2. The molecule has 1 aromatic carbocycles. The van der Waals surface area contributed by atoms with Crippen molar-refractivity contribution in [2.45, 2.75) is 27.2 Å². The molecule has 2 amide bonds. The Balaban J connectivity index is 1.68. The molecule has 0 radical (unpaired) electrons. The molecule has 3 rings (SSSR count). The summed E-state index contributed by atoms with van der Waals surface area (Å²) in [6.07, 6.45) is 2.52. The highest BCUT2D eigenvalue weighted by molar-refractivity contribution is 6.30. The summed E-state index contributed by atoms with van der Waals surface area (Å²) in [7, 11) is 0. The number of nitrogens with one attached hydrogen (secondary N) is 1. The van der Waals surface area contributed by atoms with Gasteiger partial charge in [0, 0.05) is 24.2 Å². The van der Waals surface area contributed by atoms with Crippen LogP contribution in [0.15, 0.2) is 28.3 Å². The number of hydrogen-bond acceptors (Lipinski definition) is 3. The van der Waals surface area contributed by atoms with Gasteiger partial charge in [-0.1, -0.05) is 47.5 Å². The summed E-state index contributed by atoms with van der Waals surface area (Å²) in [6.45, 7) is 6.78. The molecular weight excluding hydrogens is 357 g/mol. The average Bonchev–Trinajstić information content (AvgIpc) is 2.92. The molecule has 1 unspecified atom stereocenters. The minimum absolute atomic E-state index is 0.113. The van der Waals surface area contributed by atoms with Crippen LogP contribution < -0.4 is 5.32 Å². The predicted molar refractivity (Wildman–Crippen MR) is 99.7 cm³/mol. The van der Waals surface area contributed by atoms with E-state index in [1.54, 1.807) is 24.0 Å². The van der Waals surface area contributed by atoms with Crippen molar-refractivity contribution in [3.05, 3.63) is 51.5 Å². The number of rotatable bonds is 2. The van der Waals surface area contributed by atoms with Crippen molar-refractivity contribution in [2.75, 3.05) is 18.4 Å². The fourth-order valence-electron chi connectivity index (χ4n) is 2.99. The zero-order valence-electron chi connectivity index (χ0n) is 15.0. The van der Waals surface area contributed by atoms with Gasteiger partial charge in [0.15, 0.2) is 5.82 Å². The summed E-state index contributed by atoms with van der Waals surface area (Å²) in [6, 6.07) is 4.76. The van der Waals surface area contributed by atoms with E-state index in [0.29, 0.717) is 36.7 Å². The van der Waals surface area contributed by atoms with E-state index >= 15 is 0 Å². The first kappa shape index (κ1) is 18.5. The molecule has 1 aromatic heterocycles. The first-order valence-electron chi connectivity index (χ1n) is 8.50. The Morgan fingerprint density at radius 1 is 1.46 bits per heavy atom. The number of likely N-dealkylation sites (tertiary alicyclic amines) is 1. The van der Waals surface area contributed by atoms with Gasteiger partial charge in [-0.15, -0.1) is 0 Å². The van der Waals surface area contributed by atoms with Crippen molar-refractivity contribution in [1.29, 1.82) is 0 Å². The second-order valence-electron chi connectivity index (χ2n) is 6.60. The predicted octanol–water partition coefficient (Wildman–Crippen LogP) is 5.04. The summed E-state index contributed by atoms with van der Waals surface area (Å²) in [5.41, 5.74) is 2.40. The minimum Gasteiger partial charge on any atom is -0.359 e. The van der Waals surface area contributed by atoms with E-state index in [2.05, 4.69) is 10.5 Å². The molecule has 0 aliphatic carbocycles. The monoisotopic (exact) mass is 377 g/mol. The fraction of sp³-hybridized carbons (Fsp3) is 0.368. The Labute approximate surface area is 156 Å². The van der Waals surface area contributed by atoms with Gasteiger partial charge in [0.05, 0.1) is 5.02 Å². The number of piperidine rings is 1. The van der Waals surface area contributed by atoms with Crippen LogP contribution in [0.2, 0.25) is 5.02 Å². The molecule has 138 valence electrons. The Morgan fingerprint density at radius 3 is 2.88 bits per heavy atom. The molecule has 0 bridgehead atoms. The number of anilines is 1. The van der Waals surface area contributed by atoms with Crippen LogP contribution in [0.4, 0.5) is 15.0 Å². The molecule has 26 heavy (non-hydrogen) atoms. The molecule has 1 saturated heterocycles. The van der Waals surface area contributed by atoms with Crippen LogP contribution in [0.5, 0.6) is 0 Å². The SMILES string of the molecule is Cc1onc(NC(=O)N2CCC(=Cc3cccc(Cl)c3F)C(C)C2)c1C. The lowest BCUT2D eigenvalue weighted by Gasteiger charge is -2.33. The normalized spacial score (nSPS) is 19.0. The molecule has 1 aliphatic heterocycles. The van der Waals surface area contributed by atoms with E-state index in [-0.39, 0.29) is 17.0 Å². The van der Waals surface area contributed by atoms with Gasteiger partial charge in [0.2, 0.25) is 0 Å². The third-order valence-electron chi connectivity index (χ3n) is 4.79. The third-order valence-corrected chi connectivity index (χ3v) is 5.08. The van der Waals surface area contributed by atoms with Crippen molar-refractivity contribution in [2.24, 2.45) is 5.92 Å². The summed E-state index contributed by atoms with van der Waals surface area (Å²) in [4.78, 5) is 14.2. The van der Waals surface area contributed by atoms with E-state index in [1.165, 1.54) is 6.07 Å². The highest BCUT2D eigenvalue weighted by atomic mass is 35.5. The van der Waals surface area contributed by atoms with Crippen LogP contribution in [-0.4, -0.2) is 29.2 Å². The lowest BCUT2D eigenvalue weighted by molar-refractivity contribution is 0.197. The minimum atomic E-state index is -0.411. The maximum absolute atomic E-state index is 14.1. The second-order valence-corrected chi connectivity index (χ2v) is 7.01. The topological polar surface area (TPSA) is 58.4 Å². The van der Waals surface area contributed by atoms with Gasteiger partial charge in [-0.25, -0.2) is 9.18 Å². The van der Waals surface area contributed by atoms with Crippen LogP contribution in [0.25, 0.3) is 6.08 Å². The lowest BCUT2D eigenvalue weighted by Crippen LogP contribution is -2.42. The van der Waals surface area contributed by atoms with Crippen LogP contribution in [0.3, 0.4) is 0 Å². The number of hydrogen-bond donors (Lipinski definition) is 1.